The largest absolute Gasteiger partial charge is 0.388 e. The van der Waals surface area contributed by atoms with Gasteiger partial charge in [-0.15, -0.1) is 0 Å². The molecule has 39 heavy (non-hydrogen) atoms. The Balaban J connectivity index is 2.20. The fraction of sp³-hybridized carbons (Fsp3) is 0.576. The van der Waals surface area contributed by atoms with Gasteiger partial charge in [0, 0.05) is 0 Å². The molecule has 6 nitrogen and oxygen atoms in total. The van der Waals surface area contributed by atoms with Gasteiger partial charge >= 0.3 is 0 Å². The van der Waals surface area contributed by atoms with Crippen molar-refractivity contribution in [1.29, 1.82) is 0 Å². The van der Waals surface area contributed by atoms with Crippen molar-refractivity contribution in [3.8, 4) is 0 Å². The van der Waals surface area contributed by atoms with Crippen LogP contribution in [-0.4, -0.2) is 45.3 Å². The molecule has 0 aliphatic carbocycles. The van der Waals surface area contributed by atoms with Crippen LogP contribution >= 0.6 is 0 Å². The van der Waals surface area contributed by atoms with Gasteiger partial charge < -0.3 is 20.8 Å². The van der Waals surface area contributed by atoms with Gasteiger partial charge in [0.25, 0.3) is 0 Å². The van der Waals surface area contributed by atoms with Crippen LogP contribution in [0.3, 0.4) is 0 Å². The van der Waals surface area contributed by atoms with Crippen molar-refractivity contribution < 1.29 is 19.8 Å². The number of aliphatic hydroxyl groups is 2. The molecule has 216 valence electrons. The van der Waals surface area contributed by atoms with Gasteiger partial charge in [0.05, 0.1) is 23.3 Å². The van der Waals surface area contributed by atoms with Crippen LogP contribution in [0.2, 0.25) is 0 Å². The smallest absolute Gasteiger partial charge is 0.229 e. The van der Waals surface area contributed by atoms with Gasteiger partial charge in [0.1, 0.15) is 6.42 Å². The van der Waals surface area contributed by atoms with Crippen molar-refractivity contribution in [3.05, 3.63) is 71.8 Å². The molecule has 2 atom stereocenters. The zero-order chi connectivity index (χ0) is 28.7. The lowest BCUT2D eigenvalue weighted by atomic mass is 9.81. The maximum atomic E-state index is 13.2. The average molecular weight is 539 g/mol. The summed E-state index contributed by atoms with van der Waals surface area (Å²) >= 11 is 0. The Kier molecular flexibility index (Phi) is 13.7. The summed E-state index contributed by atoms with van der Waals surface area (Å²) in [5.41, 5.74) is -0.0943. The number of carbonyl (C=O) groups excluding carboxylic acids is 2. The fourth-order valence-corrected chi connectivity index (χ4v) is 5.77. The van der Waals surface area contributed by atoms with Gasteiger partial charge in [-0.25, -0.2) is 0 Å². The number of amides is 2. The third-order valence-electron chi connectivity index (χ3n) is 7.59. The van der Waals surface area contributed by atoms with Crippen LogP contribution in [0.5, 0.6) is 0 Å². The van der Waals surface area contributed by atoms with Crippen LogP contribution in [0.1, 0.15) is 96.6 Å². The summed E-state index contributed by atoms with van der Waals surface area (Å²) in [6.45, 7) is 8.10. The van der Waals surface area contributed by atoms with Crippen LogP contribution in [0.15, 0.2) is 60.7 Å². The molecule has 0 unspecified atom stereocenters. The molecule has 0 saturated heterocycles. The quantitative estimate of drug-likeness (QED) is 0.189. The zero-order valence-electron chi connectivity index (χ0n) is 24.4. The molecule has 0 saturated carbocycles. The average Bonchev–Trinajstić information content (AvgIpc) is 2.89. The van der Waals surface area contributed by atoms with Crippen molar-refractivity contribution >= 4 is 11.8 Å². The molecule has 2 aromatic rings. The summed E-state index contributed by atoms with van der Waals surface area (Å²) in [6, 6.07) is 18.6. The topological polar surface area (TPSA) is 98.7 Å². The number of carbonyl (C=O) groups is 2. The van der Waals surface area contributed by atoms with E-state index in [4.69, 9.17) is 0 Å². The summed E-state index contributed by atoms with van der Waals surface area (Å²) < 4.78 is 0. The van der Waals surface area contributed by atoms with Crippen molar-refractivity contribution in [2.75, 3.05) is 0 Å². The highest BCUT2D eigenvalue weighted by atomic mass is 16.3. The molecule has 0 aromatic heterocycles. The summed E-state index contributed by atoms with van der Waals surface area (Å²) in [5, 5.41) is 29.2. The van der Waals surface area contributed by atoms with E-state index in [0.29, 0.717) is 38.5 Å². The molecule has 4 N–H and O–H groups in total. The van der Waals surface area contributed by atoms with Crippen LogP contribution in [0.25, 0.3) is 0 Å². The van der Waals surface area contributed by atoms with E-state index in [9.17, 15) is 19.8 Å². The molecular weight excluding hydrogens is 488 g/mol. The highest BCUT2D eigenvalue weighted by Crippen LogP contribution is 2.28. The number of hydrogen-bond donors (Lipinski definition) is 4. The Morgan fingerprint density at radius 2 is 0.923 bits per heavy atom. The molecule has 2 aromatic carbocycles. The molecule has 6 heteroatoms. The normalized spacial score (nSPS) is 13.5. The highest BCUT2D eigenvalue weighted by molar-refractivity contribution is 5.97. The second-order valence-electron chi connectivity index (χ2n) is 11.0. The van der Waals surface area contributed by atoms with E-state index in [1.807, 2.05) is 88.4 Å². The summed E-state index contributed by atoms with van der Waals surface area (Å²) in [4.78, 5) is 26.4. The molecule has 0 radical (unpaired) electrons. The number of rotatable bonds is 18. The zero-order valence-corrected chi connectivity index (χ0v) is 24.4. The molecule has 0 aliphatic heterocycles. The van der Waals surface area contributed by atoms with Crippen molar-refractivity contribution in [3.63, 3.8) is 0 Å². The predicted molar refractivity (Wildman–Crippen MR) is 158 cm³/mol. The third-order valence-corrected chi connectivity index (χ3v) is 7.59. The van der Waals surface area contributed by atoms with Crippen molar-refractivity contribution in [2.24, 2.45) is 0 Å². The van der Waals surface area contributed by atoms with Crippen LogP contribution in [0, 0.1) is 0 Å². The summed E-state index contributed by atoms with van der Waals surface area (Å²) in [5.74, 6) is -0.848. The Labute approximate surface area is 235 Å². The van der Waals surface area contributed by atoms with Crippen molar-refractivity contribution in [2.45, 2.75) is 122 Å². The SMILES string of the molecule is CCCC(O)(CCC)[C@@H](Cc1ccccc1)NC(=O)CC(=O)N[C@H](Cc1ccccc1)C(O)(CCC)CCC. The van der Waals surface area contributed by atoms with Crippen molar-refractivity contribution in [1.82, 2.24) is 10.6 Å². The predicted octanol–water partition coefficient (Wildman–Crippen LogP) is 5.49. The van der Waals surface area contributed by atoms with Gasteiger partial charge in [-0.1, -0.05) is 114 Å². The molecule has 2 amide bonds. The van der Waals surface area contributed by atoms with Gasteiger partial charge in [-0.05, 0) is 49.7 Å². The molecule has 0 spiro atoms. The fourth-order valence-electron chi connectivity index (χ4n) is 5.77. The minimum absolute atomic E-state index is 0.362. The standard InChI is InChI=1S/C33H50N2O4/c1-5-19-32(38,20-6-2)28(23-26-15-11-9-12-16-26)34-30(36)25-31(37)35-29(24-27-17-13-10-14-18-27)33(39,21-7-3)22-8-4/h9-18,28-29,38-39H,5-8,19-25H2,1-4H3,(H,34,36)(H,35,37)/t28-,29-/m1/s1. The molecule has 0 heterocycles. The van der Waals surface area contributed by atoms with E-state index in [-0.39, 0.29) is 6.42 Å². The Hall–Kier alpha value is -2.70. The highest BCUT2D eigenvalue weighted by Gasteiger charge is 2.38. The first-order valence-electron chi connectivity index (χ1n) is 14.8. The third kappa shape index (κ3) is 10.4. The first kappa shape index (κ1) is 32.5. The van der Waals surface area contributed by atoms with E-state index >= 15 is 0 Å². The van der Waals surface area contributed by atoms with E-state index in [1.54, 1.807) is 0 Å². The lowest BCUT2D eigenvalue weighted by molar-refractivity contribution is -0.133. The lowest BCUT2D eigenvalue weighted by Gasteiger charge is -2.38. The molecule has 0 fully saturated rings. The van der Waals surface area contributed by atoms with E-state index in [1.165, 1.54) is 0 Å². The number of nitrogens with one attached hydrogen (secondary N) is 2. The number of benzene rings is 2. The molecule has 0 bridgehead atoms. The van der Waals surface area contributed by atoms with Crippen LogP contribution < -0.4 is 10.6 Å². The lowest BCUT2D eigenvalue weighted by Crippen LogP contribution is -2.56. The van der Waals surface area contributed by atoms with Crippen LogP contribution in [-0.2, 0) is 22.4 Å². The van der Waals surface area contributed by atoms with E-state index in [2.05, 4.69) is 10.6 Å². The maximum absolute atomic E-state index is 13.2. The molecular formula is C33H50N2O4. The Bertz CT molecular complexity index is 888. The van der Waals surface area contributed by atoms with Gasteiger partial charge in [-0.3, -0.25) is 9.59 Å². The van der Waals surface area contributed by atoms with Gasteiger partial charge in [0.15, 0.2) is 0 Å². The maximum Gasteiger partial charge on any atom is 0.229 e. The summed E-state index contributed by atoms with van der Waals surface area (Å²) in [6.07, 6.45) is 5.98. The van der Waals surface area contributed by atoms with Gasteiger partial charge in [-0.2, -0.15) is 0 Å². The monoisotopic (exact) mass is 538 g/mol. The second kappa shape index (κ2) is 16.4. The van der Waals surface area contributed by atoms with E-state index < -0.39 is 35.1 Å². The minimum atomic E-state index is -1.07. The minimum Gasteiger partial charge on any atom is -0.388 e. The second-order valence-corrected chi connectivity index (χ2v) is 11.0. The van der Waals surface area contributed by atoms with Gasteiger partial charge in [0.2, 0.25) is 11.8 Å². The Morgan fingerprint density at radius 1 is 0.615 bits per heavy atom. The number of hydrogen-bond acceptors (Lipinski definition) is 4. The van der Waals surface area contributed by atoms with Crippen LogP contribution in [0.4, 0.5) is 0 Å². The first-order chi connectivity index (χ1) is 18.7. The van der Waals surface area contributed by atoms with E-state index in [0.717, 1.165) is 36.8 Å². The molecule has 2 rings (SSSR count). The Morgan fingerprint density at radius 3 is 1.21 bits per heavy atom. The first-order valence-corrected chi connectivity index (χ1v) is 14.8. The molecule has 0 aliphatic rings. The summed E-state index contributed by atoms with van der Waals surface area (Å²) in [7, 11) is 0.